The van der Waals surface area contributed by atoms with Crippen LogP contribution >= 0.6 is 0 Å². The van der Waals surface area contributed by atoms with E-state index in [-0.39, 0.29) is 11.4 Å². The Kier molecular flexibility index (Phi) is 5.54. The summed E-state index contributed by atoms with van der Waals surface area (Å²) in [5.74, 6) is -0.154. The molecule has 0 aliphatic heterocycles. The number of aromatic nitrogens is 2. The van der Waals surface area contributed by atoms with Crippen LogP contribution in [0, 0.1) is 0 Å². The van der Waals surface area contributed by atoms with E-state index in [1.807, 2.05) is 17.9 Å². The Labute approximate surface area is 115 Å². The molecule has 1 aromatic rings. The van der Waals surface area contributed by atoms with Crippen LogP contribution < -0.4 is 5.32 Å². The smallest absolute Gasteiger partial charge is 0.305 e. The molecule has 1 heterocycles. The molecule has 0 atom stereocenters. The molecular formula is C14H25N3O2. The lowest BCUT2D eigenvalue weighted by Crippen LogP contribution is -2.20. The standard InChI is InChI=1S/C14H25N3O2/c1-14(2,3)13-11(10-17(4)16-13)9-15-8-6-7-12(18)19-5/h10,15H,6-9H2,1-5H3. The van der Waals surface area contributed by atoms with Gasteiger partial charge in [-0.3, -0.25) is 9.48 Å². The fourth-order valence-corrected chi connectivity index (χ4v) is 1.98. The van der Waals surface area contributed by atoms with E-state index in [1.165, 1.54) is 12.7 Å². The molecule has 5 heteroatoms. The van der Waals surface area contributed by atoms with Gasteiger partial charge in [-0.15, -0.1) is 0 Å². The maximum Gasteiger partial charge on any atom is 0.305 e. The first kappa shape index (κ1) is 15.7. The number of ether oxygens (including phenoxy) is 1. The summed E-state index contributed by atoms with van der Waals surface area (Å²) in [6.45, 7) is 8.07. The Morgan fingerprint density at radius 2 is 2.16 bits per heavy atom. The Bertz CT molecular complexity index is 419. The predicted molar refractivity (Wildman–Crippen MR) is 74.9 cm³/mol. The molecule has 0 amide bonds. The highest BCUT2D eigenvalue weighted by Gasteiger charge is 2.21. The van der Waals surface area contributed by atoms with E-state index < -0.39 is 0 Å². The number of hydrogen-bond donors (Lipinski definition) is 1. The number of nitrogens with zero attached hydrogens (tertiary/aromatic N) is 2. The van der Waals surface area contributed by atoms with Crippen LogP contribution in [-0.4, -0.2) is 29.4 Å². The largest absolute Gasteiger partial charge is 0.469 e. The van der Waals surface area contributed by atoms with E-state index in [0.717, 1.165) is 25.2 Å². The van der Waals surface area contributed by atoms with Crippen molar-refractivity contribution in [1.29, 1.82) is 0 Å². The van der Waals surface area contributed by atoms with Crippen LogP contribution in [0.4, 0.5) is 0 Å². The average molecular weight is 267 g/mol. The minimum atomic E-state index is -0.154. The van der Waals surface area contributed by atoms with Crippen molar-refractivity contribution in [1.82, 2.24) is 15.1 Å². The topological polar surface area (TPSA) is 56.1 Å². The third-order valence-electron chi connectivity index (χ3n) is 2.89. The Morgan fingerprint density at radius 1 is 1.47 bits per heavy atom. The van der Waals surface area contributed by atoms with Crippen molar-refractivity contribution in [3.63, 3.8) is 0 Å². The molecule has 0 aliphatic carbocycles. The maximum atomic E-state index is 11.0. The van der Waals surface area contributed by atoms with Crippen molar-refractivity contribution in [2.24, 2.45) is 7.05 Å². The lowest BCUT2D eigenvalue weighted by molar-refractivity contribution is -0.140. The summed E-state index contributed by atoms with van der Waals surface area (Å²) >= 11 is 0. The highest BCUT2D eigenvalue weighted by Crippen LogP contribution is 2.23. The summed E-state index contributed by atoms with van der Waals surface area (Å²) in [6, 6.07) is 0. The van der Waals surface area contributed by atoms with E-state index in [1.54, 1.807) is 0 Å². The van der Waals surface area contributed by atoms with Gasteiger partial charge in [0.25, 0.3) is 0 Å². The van der Waals surface area contributed by atoms with Gasteiger partial charge in [-0.2, -0.15) is 5.10 Å². The SMILES string of the molecule is COC(=O)CCCNCc1cn(C)nc1C(C)(C)C. The van der Waals surface area contributed by atoms with Gasteiger partial charge < -0.3 is 10.1 Å². The first-order chi connectivity index (χ1) is 8.84. The second kappa shape index (κ2) is 6.70. The first-order valence-electron chi connectivity index (χ1n) is 6.65. The van der Waals surface area contributed by atoms with Gasteiger partial charge in [0.15, 0.2) is 0 Å². The lowest BCUT2D eigenvalue weighted by atomic mass is 9.89. The summed E-state index contributed by atoms with van der Waals surface area (Å²) in [6.07, 6.45) is 3.30. The number of nitrogens with one attached hydrogen (secondary N) is 1. The number of rotatable bonds is 6. The van der Waals surface area contributed by atoms with Crippen LogP contribution in [0.3, 0.4) is 0 Å². The first-order valence-corrected chi connectivity index (χ1v) is 6.65. The zero-order valence-corrected chi connectivity index (χ0v) is 12.6. The molecule has 108 valence electrons. The molecule has 1 aromatic heterocycles. The molecule has 0 bridgehead atoms. The summed E-state index contributed by atoms with van der Waals surface area (Å²) in [5, 5.41) is 7.87. The van der Waals surface area contributed by atoms with Gasteiger partial charge in [-0.1, -0.05) is 20.8 Å². The van der Waals surface area contributed by atoms with Crippen LogP contribution in [0.1, 0.15) is 44.9 Å². The molecule has 0 fully saturated rings. The Morgan fingerprint density at radius 3 is 2.74 bits per heavy atom. The number of methoxy groups -OCH3 is 1. The molecule has 1 N–H and O–H groups in total. The van der Waals surface area contributed by atoms with Gasteiger partial charge in [0.05, 0.1) is 12.8 Å². The molecule has 0 unspecified atom stereocenters. The molecule has 0 spiro atoms. The van der Waals surface area contributed by atoms with Crippen molar-refractivity contribution in [3.05, 3.63) is 17.5 Å². The van der Waals surface area contributed by atoms with Gasteiger partial charge in [0.1, 0.15) is 0 Å². The molecule has 0 aromatic carbocycles. The van der Waals surface area contributed by atoms with Crippen LogP contribution in [0.15, 0.2) is 6.20 Å². The zero-order valence-electron chi connectivity index (χ0n) is 12.6. The Hall–Kier alpha value is -1.36. The predicted octanol–water partition coefficient (Wildman–Crippen LogP) is 1.76. The Balaban J connectivity index is 2.43. The third kappa shape index (κ3) is 5.03. The number of carbonyl (C=O) groups excluding carboxylic acids is 1. The van der Waals surface area contributed by atoms with Crippen LogP contribution in [-0.2, 0) is 28.5 Å². The second-order valence-corrected chi connectivity index (χ2v) is 5.78. The number of carbonyl (C=O) groups is 1. The maximum absolute atomic E-state index is 11.0. The monoisotopic (exact) mass is 267 g/mol. The van der Waals surface area contributed by atoms with Crippen LogP contribution in [0.5, 0.6) is 0 Å². The van der Waals surface area contributed by atoms with Gasteiger partial charge in [0.2, 0.25) is 0 Å². The normalized spacial score (nSPS) is 11.6. The van der Waals surface area contributed by atoms with Crippen LogP contribution in [0.25, 0.3) is 0 Å². The lowest BCUT2D eigenvalue weighted by Gasteiger charge is -2.17. The van der Waals surface area contributed by atoms with Gasteiger partial charge in [-0.05, 0) is 13.0 Å². The molecule has 19 heavy (non-hydrogen) atoms. The minimum absolute atomic E-state index is 0.0459. The minimum Gasteiger partial charge on any atom is -0.469 e. The summed E-state index contributed by atoms with van der Waals surface area (Å²) in [5.41, 5.74) is 2.38. The summed E-state index contributed by atoms with van der Waals surface area (Å²) in [4.78, 5) is 11.0. The van der Waals surface area contributed by atoms with Gasteiger partial charge >= 0.3 is 5.97 Å². The number of aryl methyl sites for hydroxylation is 1. The molecular weight excluding hydrogens is 242 g/mol. The summed E-state index contributed by atoms with van der Waals surface area (Å²) < 4.78 is 6.46. The fraction of sp³-hybridized carbons (Fsp3) is 0.714. The van der Waals surface area contributed by atoms with E-state index in [4.69, 9.17) is 0 Å². The van der Waals surface area contributed by atoms with Crippen molar-refractivity contribution in [2.45, 2.75) is 45.6 Å². The quantitative estimate of drug-likeness (QED) is 0.630. The fourth-order valence-electron chi connectivity index (χ4n) is 1.98. The summed E-state index contributed by atoms with van der Waals surface area (Å²) in [7, 11) is 3.36. The van der Waals surface area contributed by atoms with Crippen molar-refractivity contribution in [3.8, 4) is 0 Å². The third-order valence-corrected chi connectivity index (χ3v) is 2.89. The van der Waals surface area contributed by atoms with E-state index in [9.17, 15) is 4.79 Å². The molecule has 0 aliphatic rings. The highest BCUT2D eigenvalue weighted by atomic mass is 16.5. The van der Waals surface area contributed by atoms with Crippen LogP contribution in [0.2, 0.25) is 0 Å². The van der Waals surface area contributed by atoms with E-state index in [2.05, 4.69) is 35.9 Å². The second-order valence-electron chi connectivity index (χ2n) is 5.78. The highest BCUT2D eigenvalue weighted by molar-refractivity contribution is 5.69. The van der Waals surface area contributed by atoms with Crippen molar-refractivity contribution in [2.75, 3.05) is 13.7 Å². The van der Waals surface area contributed by atoms with Gasteiger partial charge in [-0.25, -0.2) is 0 Å². The van der Waals surface area contributed by atoms with Crippen molar-refractivity contribution < 1.29 is 9.53 Å². The molecule has 1 rings (SSSR count). The molecule has 0 radical (unpaired) electrons. The molecule has 0 saturated carbocycles. The number of hydrogen-bond acceptors (Lipinski definition) is 4. The number of esters is 1. The van der Waals surface area contributed by atoms with Crippen molar-refractivity contribution >= 4 is 5.97 Å². The van der Waals surface area contributed by atoms with E-state index >= 15 is 0 Å². The zero-order chi connectivity index (χ0) is 14.5. The van der Waals surface area contributed by atoms with E-state index in [0.29, 0.717) is 6.42 Å². The molecule has 0 saturated heterocycles. The van der Waals surface area contributed by atoms with Gasteiger partial charge in [0, 0.05) is 37.2 Å². The average Bonchev–Trinajstić information content (AvgIpc) is 2.69. The molecule has 5 nitrogen and oxygen atoms in total.